The second-order valence-electron chi connectivity index (χ2n) is 3.84. The van der Waals surface area contributed by atoms with E-state index in [2.05, 4.69) is 5.32 Å². The molecule has 0 aliphatic rings. The fourth-order valence-electron chi connectivity index (χ4n) is 1.54. The number of Topliss-reactive ketones (excluding diaryl/α,β-unsaturated/α-hetero) is 1. The molecule has 4 nitrogen and oxygen atoms in total. The average Bonchev–Trinajstić information content (AvgIpc) is 2.48. The Bertz CT molecular complexity index is 606. The third kappa shape index (κ3) is 3.13. The zero-order valence-electron chi connectivity index (χ0n) is 10.00. The molecular weight excluding hydrogens is 242 g/mol. The molecule has 0 aromatic heterocycles. The van der Waals surface area contributed by atoms with Crippen LogP contribution in [0.3, 0.4) is 0 Å². The monoisotopic (exact) mass is 253 g/mol. The molecule has 0 aliphatic heterocycles. The molecular formula is C15H11NO3. The smallest absolute Gasteiger partial charge is 0.285 e. The van der Waals surface area contributed by atoms with Crippen molar-refractivity contribution in [2.45, 2.75) is 0 Å². The molecule has 2 amide bonds. The zero-order valence-corrected chi connectivity index (χ0v) is 10.00. The maximum absolute atomic E-state index is 11.7. The van der Waals surface area contributed by atoms with Gasteiger partial charge in [0.15, 0.2) is 0 Å². The van der Waals surface area contributed by atoms with Gasteiger partial charge < -0.3 is 0 Å². The van der Waals surface area contributed by atoms with Crippen molar-refractivity contribution < 1.29 is 14.4 Å². The summed E-state index contributed by atoms with van der Waals surface area (Å²) in [5.74, 6) is -2.25. The second kappa shape index (κ2) is 5.73. The summed E-state index contributed by atoms with van der Waals surface area (Å²) in [6.45, 7) is 0. The summed E-state index contributed by atoms with van der Waals surface area (Å²) in [6, 6.07) is 16.3. The Morgan fingerprint density at radius 1 is 0.684 bits per heavy atom. The molecule has 0 radical (unpaired) electrons. The lowest BCUT2D eigenvalue weighted by molar-refractivity contribution is -0.116. The standard InChI is InChI=1S/C15H11NO3/c17-13(11-7-3-1-4-8-11)15(19)16-14(18)12-9-5-2-6-10-12/h1-10H,(H,16,18,19). The molecule has 1 N–H and O–H groups in total. The lowest BCUT2D eigenvalue weighted by Crippen LogP contribution is -2.36. The van der Waals surface area contributed by atoms with Gasteiger partial charge in [0.2, 0.25) is 0 Å². The van der Waals surface area contributed by atoms with Crippen LogP contribution in [-0.2, 0) is 4.79 Å². The molecule has 0 unspecified atom stereocenters. The molecule has 0 saturated heterocycles. The Morgan fingerprint density at radius 2 is 1.16 bits per heavy atom. The van der Waals surface area contributed by atoms with E-state index < -0.39 is 17.6 Å². The Balaban J connectivity index is 2.06. The number of nitrogens with one attached hydrogen (secondary N) is 1. The molecule has 0 fully saturated rings. The van der Waals surface area contributed by atoms with Crippen molar-refractivity contribution in [2.24, 2.45) is 0 Å². The maximum Gasteiger partial charge on any atom is 0.299 e. The number of amides is 2. The Morgan fingerprint density at radius 3 is 1.68 bits per heavy atom. The zero-order chi connectivity index (χ0) is 13.7. The van der Waals surface area contributed by atoms with Crippen LogP contribution >= 0.6 is 0 Å². The largest absolute Gasteiger partial charge is 0.299 e. The summed E-state index contributed by atoms with van der Waals surface area (Å²) in [5, 5.41) is 2.07. The van der Waals surface area contributed by atoms with Gasteiger partial charge in [0.25, 0.3) is 17.6 Å². The molecule has 2 rings (SSSR count). The Labute approximate surface area is 110 Å². The summed E-state index contributed by atoms with van der Waals surface area (Å²) in [7, 11) is 0. The van der Waals surface area contributed by atoms with Crippen LogP contribution in [-0.4, -0.2) is 17.6 Å². The van der Waals surface area contributed by atoms with Crippen LogP contribution in [0, 0.1) is 0 Å². The van der Waals surface area contributed by atoms with Crippen LogP contribution in [0.2, 0.25) is 0 Å². The Hall–Kier alpha value is -2.75. The summed E-state index contributed by atoms with van der Waals surface area (Å²) in [6.07, 6.45) is 0. The van der Waals surface area contributed by atoms with Crippen LogP contribution in [0.15, 0.2) is 60.7 Å². The predicted octanol–water partition coefficient (Wildman–Crippen LogP) is 1.83. The topological polar surface area (TPSA) is 63.2 Å². The molecule has 2 aromatic carbocycles. The SMILES string of the molecule is O=C(NC(=O)c1ccccc1)C(=O)c1ccccc1. The van der Waals surface area contributed by atoms with Crippen LogP contribution in [0.5, 0.6) is 0 Å². The molecule has 0 atom stereocenters. The number of ketones is 1. The van der Waals surface area contributed by atoms with E-state index >= 15 is 0 Å². The first-order valence-electron chi connectivity index (χ1n) is 5.68. The normalized spacial score (nSPS) is 9.68. The van der Waals surface area contributed by atoms with E-state index in [1.54, 1.807) is 48.5 Å². The van der Waals surface area contributed by atoms with E-state index in [0.717, 1.165) is 0 Å². The molecule has 0 heterocycles. The number of rotatable bonds is 3. The maximum atomic E-state index is 11.7. The minimum Gasteiger partial charge on any atom is -0.285 e. The van der Waals surface area contributed by atoms with Crippen LogP contribution in [0.25, 0.3) is 0 Å². The number of carbonyl (C=O) groups is 3. The van der Waals surface area contributed by atoms with E-state index in [0.29, 0.717) is 5.56 Å². The summed E-state index contributed by atoms with van der Waals surface area (Å²) >= 11 is 0. The van der Waals surface area contributed by atoms with E-state index in [-0.39, 0.29) is 5.56 Å². The first-order chi connectivity index (χ1) is 9.18. The third-order valence-corrected chi connectivity index (χ3v) is 2.51. The molecule has 2 aromatic rings. The van der Waals surface area contributed by atoms with Gasteiger partial charge in [-0.05, 0) is 12.1 Å². The van der Waals surface area contributed by atoms with Crippen molar-refractivity contribution in [2.75, 3.05) is 0 Å². The Kier molecular flexibility index (Phi) is 3.83. The van der Waals surface area contributed by atoms with Crippen molar-refractivity contribution in [3.8, 4) is 0 Å². The van der Waals surface area contributed by atoms with E-state index in [4.69, 9.17) is 0 Å². The van der Waals surface area contributed by atoms with Crippen molar-refractivity contribution in [3.63, 3.8) is 0 Å². The van der Waals surface area contributed by atoms with Gasteiger partial charge in [-0.1, -0.05) is 48.5 Å². The van der Waals surface area contributed by atoms with Gasteiger partial charge in [-0.25, -0.2) is 0 Å². The van der Waals surface area contributed by atoms with Crippen LogP contribution in [0.4, 0.5) is 0 Å². The second-order valence-corrected chi connectivity index (χ2v) is 3.84. The van der Waals surface area contributed by atoms with Gasteiger partial charge in [-0.15, -0.1) is 0 Å². The number of benzene rings is 2. The van der Waals surface area contributed by atoms with Crippen molar-refractivity contribution >= 4 is 17.6 Å². The highest BCUT2D eigenvalue weighted by atomic mass is 16.2. The highest BCUT2D eigenvalue weighted by molar-refractivity contribution is 6.45. The van der Waals surface area contributed by atoms with Crippen LogP contribution in [0.1, 0.15) is 20.7 Å². The number of hydrogen-bond donors (Lipinski definition) is 1. The fourth-order valence-corrected chi connectivity index (χ4v) is 1.54. The van der Waals surface area contributed by atoms with Gasteiger partial charge in [-0.3, -0.25) is 19.7 Å². The quantitative estimate of drug-likeness (QED) is 0.670. The molecule has 0 bridgehead atoms. The van der Waals surface area contributed by atoms with Crippen molar-refractivity contribution in [3.05, 3.63) is 71.8 Å². The first-order valence-corrected chi connectivity index (χ1v) is 5.68. The lowest BCUT2D eigenvalue weighted by Gasteiger charge is -2.03. The summed E-state index contributed by atoms with van der Waals surface area (Å²) < 4.78 is 0. The van der Waals surface area contributed by atoms with E-state index in [1.807, 2.05) is 0 Å². The highest BCUT2D eigenvalue weighted by Gasteiger charge is 2.18. The fraction of sp³-hybridized carbons (Fsp3) is 0. The minimum atomic E-state index is -0.931. The van der Waals surface area contributed by atoms with Gasteiger partial charge in [0.05, 0.1) is 0 Å². The van der Waals surface area contributed by atoms with Crippen molar-refractivity contribution in [1.82, 2.24) is 5.32 Å². The number of carbonyl (C=O) groups excluding carboxylic acids is 3. The van der Waals surface area contributed by atoms with E-state index in [9.17, 15) is 14.4 Å². The van der Waals surface area contributed by atoms with Gasteiger partial charge in [-0.2, -0.15) is 0 Å². The highest BCUT2D eigenvalue weighted by Crippen LogP contribution is 2.01. The first kappa shape index (κ1) is 12.7. The summed E-state index contributed by atoms with van der Waals surface area (Å²) in [5.41, 5.74) is 0.581. The van der Waals surface area contributed by atoms with Crippen LogP contribution < -0.4 is 5.32 Å². The minimum absolute atomic E-state index is 0.251. The van der Waals surface area contributed by atoms with Gasteiger partial charge in [0.1, 0.15) is 0 Å². The lowest BCUT2D eigenvalue weighted by atomic mass is 10.1. The predicted molar refractivity (Wildman–Crippen MR) is 69.7 cm³/mol. The molecule has 19 heavy (non-hydrogen) atoms. The van der Waals surface area contributed by atoms with E-state index in [1.165, 1.54) is 12.1 Å². The number of hydrogen-bond acceptors (Lipinski definition) is 3. The molecule has 4 heteroatoms. The number of imide groups is 1. The van der Waals surface area contributed by atoms with Gasteiger partial charge in [0, 0.05) is 11.1 Å². The summed E-state index contributed by atoms with van der Waals surface area (Å²) in [4.78, 5) is 35.1. The molecule has 0 saturated carbocycles. The van der Waals surface area contributed by atoms with Crippen molar-refractivity contribution in [1.29, 1.82) is 0 Å². The third-order valence-electron chi connectivity index (χ3n) is 2.51. The molecule has 0 spiro atoms. The van der Waals surface area contributed by atoms with Gasteiger partial charge >= 0.3 is 0 Å². The molecule has 0 aliphatic carbocycles. The molecule has 94 valence electrons. The average molecular weight is 253 g/mol.